The number of phosphoric acid groups is 1. The smallest absolute Gasteiger partial charge is 0.790 e. The first kappa shape index (κ1) is 23.8. The van der Waals surface area contributed by atoms with Gasteiger partial charge in [-0.25, -0.2) is 0 Å². The number of hydrogen-bond donors (Lipinski definition) is 0. The Labute approximate surface area is 197 Å². The predicted octanol–water partition coefficient (Wildman–Crippen LogP) is -3.17. The molecule has 26 heavy (non-hydrogen) atoms. The summed E-state index contributed by atoms with van der Waals surface area (Å²) in [5, 5.41) is 0. The summed E-state index contributed by atoms with van der Waals surface area (Å²) >= 11 is 0. The van der Waals surface area contributed by atoms with E-state index in [-0.39, 0.29) is 59.1 Å². The summed E-state index contributed by atoms with van der Waals surface area (Å²) < 4.78 is 16.8. The molecule has 3 aromatic carbocycles. The molecule has 0 aliphatic rings. The monoisotopic (exact) mass is 384 g/mol. The van der Waals surface area contributed by atoms with Gasteiger partial charge in [0.15, 0.2) is 0 Å². The van der Waals surface area contributed by atoms with Crippen LogP contribution in [-0.2, 0) is 14.7 Å². The maximum Gasteiger partial charge on any atom is 1.00 e. The van der Waals surface area contributed by atoms with Crippen molar-refractivity contribution in [2.75, 3.05) is 0 Å². The topological polar surface area (TPSA) is 72.4 Å². The summed E-state index contributed by atoms with van der Waals surface area (Å²) in [6, 6.07) is 26.6. The zero-order valence-corrected chi connectivity index (χ0v) is 19.6. The largest absolute Gasteiger partial charge is 1.00 e. The van der Waals surface area contributed by atoms with Crippen LogP contribution in [0.4, 0.5) is 0 Å². The first-order valence-corrected chi connectivity index (χ1v) is 8.88. The van der Waals surface area contributed by atoms with Crippen molar-refractivity contribution in [1.29, 1.82) is 0 Å². The fourth-order valence-corrected chi connectivity index (χ4v) is 3.50. The molecule has 0 fully saturated rings. The molecule has 0 N–H and O–H groups in total. The molecule has 3 aromatic rings. The van der Waals surface area contributed by atoms with E-state index < -0.39 is 13.4 Å². The van der Waals surface area contributed by atoms with E-state index in [1.54, 1.807) is 72.8 Å². The fourth-order valence-electron chi connectivity index (χ4n) is 2.84. The average Bonchev–Trinajstić information content (AvgIpc) is 2.61. The third kappa shape index (κ3) is 5.40. The summed E-state index contributed by atoms with van der Waals surface area (Å²) in [5.41, 5.74) is 0.168. The molecule has 0 spiro atoms. The minimum absolute atomic E-state index is 0. The normalized spacial score (nSPS) is 11.2. The van der Waals surface area contributed by atoms with Crippen LogP contribution in [0, 0.1) is 0 Å². The Balaban J connectivity index is 0.00000169. The number of rotatable bonds is 5. The van der Waals surface area contributed by atoms with E-state index in [0.29, 0.717) is 16.7 Å². The van der Waals surface area contributed by atoms with Crippen LogP contribution in [0.2, 0.25) is 0 Å². The van der Waals surface area contributed by atoms with Gasteiger partial charge in [0.2, 0.25) is 0 Å². The molecule has 0 aliphatic heterocycles. The van der Waals surface area contributed by atoms with Crippen LogP contribution in [0.25, 0.3) is 0 Å². The van der Waals surface area contributed by atoms with E-state index in [4.69, 9.17) is 4.52 Å². The number of phosphoric ester groups is 1. The summed E-state index contributed by atoms with van der Waals surface area (Å²) in [7, 11) is -5.28. The van der Waals surface area contributed by atoms with E-state index in [1.807, 2.05) is 18.2 Å². The maximum absolute atomic E-state index is 11.6. The Morgan fingerprint density at radius 2 is 0.885 bits per heavy atom. The van der Waals surface area contributed by atoms with Gasteiger partial charge in [-0.1, -0.05) is 91.0 Å². The Kier molecular flexibility index (Phi) is 9.48. The van der Waals surface area contributed by atoms with Crippen LogP contribution in [-0.4, -0.2) is 0 Å². The summed E-state index contributed by atoms with van der Waals surface area (Å²) in [6.07, 6.45) is 0. The van der Waals surface area contributed by atoms with E-state index >= 15 is 0 Å². The minimum Gasteiger partial charge on any atom is -0.790 e. The zero-order chi connectivity index (χ0) is 17.0. The van der Waals surface area contributed by atoms with Crippen molar-refractivity contribution in [1.82, 2.24) is 0 Å². The van der Waals surface area contributed by atoms with Crippen molar-refractivity contribution < 1.29 is 78.0 Å². The molecule has 0 aliphatic carbocycles. The maximum atomic E-state index is 11.6. The molecular weight excluding hydrogens is 369 g/mol. The van der Waals surface area contributed by atoms with Crippen molar-refractivity contribution >= 4 is 7.82 Å². The van der Waals surface area contributed by atoms with E-state index in [2.05, 4.69) is 0 Å². The molecule has 4 nitrogen and oxygen atoms in total. The predicted molar refractivity (Wildman–Crippen MR) is 87.9 cm³/mol. The van der Waals surface area contributed by atoms with Crippen LogP contribution in [0.15, 0.2) is 91.0 Å². The molecular formula is C19H15Na2O4P. The van der Waals surface area contributed by atoms with E-state index in [1.165, 1.54) is 0 Å². The average molecular weight is 384 g/mol. The van der Waals surface area contributed by atoms with Crippen LogP contribution >= 0.6 is 7.82 Å². The molecule has 0 unspecified atom stereocenters. The van der Waals surface area contributed by atoms with Gasteiger partial charge in [0.25, 0.3) is 0 Å². The molecule has 0 saturated carbocycles. The van der Waals surface area contributed by atoms with Gasteiger partial charge in [0.1, 0.15) is 5.60 Å². The molecule has 0 aromatic heterocycles. The van der Waals surface area contributed by atoms with Crippen molar-refractivity contribution in [3.8, 4) is 0 Å². The molecule has 0 radical (unpaired) electrons. The van der Waals surface area contributed by atoms with Crippen LogP contribution in [0.5, 0.6) is 0 Å². The summed E-state index contributed by atoms with van der Waals surface area (Å²) in [6.45, 7) is 0. The summed E-state index contributed by atoms with van der Waals surface area (Å²) in [5.74, 6) is 0. The molecule has 0 heterocycles. The Bertz CT molecular complexity index is 743. The van der Waals surface area contributed by atoms with Gasteiger partial charge < -0.3 is 18.9 Å². The van der Waals surface area contributed by atoms with Crippen LogP contribution in [0.1, 0.15) is 16.7 Å². The van der Waals surface area contributed by atoms with Gasteiger partial charge >= 0.3 is 59.1 Å². The molecule has 0 atom stereocenters. The second kappa shape index (κ2) is 10.4. The van der Waals surface area contributed by atoms with Crippen molar-refractivity contribution in [2.45, 2.75) is 5.60 Å². The third-order valence-corrected chi connectivity index (χ3v) is 4.29. The van der Waals surface area contributed by atoms with Gasteiger partial charge in [0, 0.05) is 0 Å². The van der Waals surface area contributed by atoms with Crippen molar-refractivity contribution in [3.63, 3.8) is 0 Å². The molecule has 3 rings (SSSR count). The molecule has 7 heteroatoms. The zero-order valence-electron chi connectivity index (χ0n) is 14.7. The van der Waals surface area contributed by atoms with Gasteiger partial charge in [-0.15, -0.1) is 0 Å². The van der Waals surface area contributed by atoms with Gasteiger partial charge in [-0.2, -0.15) is 0 Å². The minimum atomic E-state index is -5.28. The number of benzene rings is 3. The Morgan fingerprint density at radius 3 is 1.12 bits per heavy atom. The van der Waals surface area contributed by atoms with Crippen molar-refractivity contribution in [2.24, 2.45) is 0 Å². The molecule has 122 valence electrons. The van der Waals surface area contributed by atoms with Crippen LogP contribution in [0.3, 0.4) is 0 Å². The van der Waals surface area contributed by atoms with Gasteiger partial charge in [-0.3, -0.25) is 0 Å². The van der Waals surface area contributed by atoms with Crippen LogP contribution < -0.4 is 68.9 Å². The van der Waals surface area contributed by atoms with Gasteiger partial charge in [0.05, 0.1) is 7.82 Å². The molecule has 0 amide bonds. The van der Waals surface area contributed by atoms with Gasteiger partial charge in [-0.05, 0) is 16.7 Å². The quantitative estimate of drug-likeness (QED) is 0.264. The second-order valence-electron chi connectivity index (χ2n) is 5.32. The first-order valence-electron chi connectivity index (χ1n) is 7.42. The fraction of sp³-hybridized carbons (Fsp3) is 0.0526. The Morgan fingerprint density at radius 1 is 0.615 bits per heavy atom. The van der Waals surface area contributed by atoms with E-state index in [0.717, 1.165) is 0 Å². The first-order chi connectivity index (χ1) is 11.5. The number of hydrogen-bond acceptors (Lipinski definition) is 4. The second-order valence-corrected chi connectivity index (χ2v) is 6.39. The molecule has 0 saturated heterocycles. The third-order valence-electron chi connectivity index (χ3n) is 3.79. The van der Waals surface area contributed by atoms with E-state index in [9.17, 15) is 14.4 Å². The van der Waals surface area contributed by atoms with Crippen molar-refractivity contribution in [3.05, 3.63) is 108 Å². The Hall–Kier alpha value is -0.230. The molecule has 0 bridgehead atoms. The SMILES string of the molecule is O=P([O-])([O-])OC(c1ccccc1)(c1ccccc1)c1ccccc1.[Na+].[Na+]. The summed E-state index contributed by atoms with van der Waals surface area (Å²) in [4.78, 5) is 23.2. The standard InChI is InChI=1S/C19H17O4P.2Na/c20-24(21,22)23-19(16-10-4-1-5-11-16,17-12-6-2-7-13-17)18-14-8-3-9-15-18;;/h1-15H,(H2,20,21,22);;/q;2*+1/p-2.